The van der Waals surface area contributed by atoms with Crippen LogP contribution in [0.4, 0.5) is 5.69 Å². The van der Waals surface area contributed by atoms with E-state index >= 15 is 0 Å². The van der Waals surface area contributed by atoms with Gasteiger partial charge in [0.25, 0.3) is 0 Å². The molecule has 1 heterocycles. The summed E-state index contributed by atoms with van der Waals surface area (Å²) in [6.07, 6.45) is 0. The number of benzene rings is 3. The highest BCUT2D eigenvalue weighted by atomic mass is 32.2. The van der Waals surface area contributed by atoms with E-state index in [0.29, 0.717) is 16.6 Å². The van der Waals surface area contributed by atoms with Crippen molar-refractivity contribution in [1.29, 1.82) is 0 Å². The number of carbonyl (C=O) groups is 1. The summed E-state index contributed by atoms with van der Waals surface area (Å²) in [6.45, 7) is 5.97. The predicted molar refractivity (Wildman–Crippen MR) is 130 cm³/mol. The van der Waals surface area contributed by atoms with Gasteiger partial charge < -0.3 is 10.1 Å². The number of tetrazole rings is 1. The van der Waals surface area contributed by atoms with Gasteiger partial charge in [0.05, 0.1) is 7.11 Å². The Hall–Kier alpha value is -3.65. The first-order valence-corrected chi connectivity index (χ1v) is 11.4. The van der Waals surface area contributed by atoms with Crippen molar-refractivity contribution in [1.82, 2.24) is 20.2 Å². The van der Waals surface area contributed by atoms with E-state index < -0.39 is 5.25 Å². The van der Waals surface area contributed by atoms with E-state index in [1.54, 1.807) is 11.8 Å². The van der Waals surface area contributed by atoms with E-state index in [-0.39, 0.29) is 5.91 Å². The predicted octanol–water partition coefficient (Wildman–Crippen LogP) is 5.07. The first kappa shape index (κ1) is 22.5. The Labute approximate surface area is 197 Å². The quantitative estimate of drug-likeness (QED) is 0.389. The summed E-state index contributed by atoms with van der Waals surface area (Å²) in [4.78, 5) is 13.5. The maximum Gasteiger partial charge on any atom is 0.242 e. The number of nitrogens with zero attached hydrogens (tertiary/aromatic N) is 4. The van der Waals surface area contributed by atoms with Crippen molar-refractivity contribution in [3.8, 4) is 11.4 Å². The zero-order valence-electron chi connectivity index (χ0n) is 18.9. The number of hydrogen-bond donors (Lipinski definition) is 1. The number of ether oxygens (including phenoxy) is 1. The molecule has 1 N–H and O–H groups in total. The van der Waals surface area contributed by atoms with Crippen molar-refractivity contribution in [3.05, 3.63) is 89.0 Å². The molecule has 4 aromatic rings. The minimum absolute atomic E-state index is 0.148. The van der Waals surface area contributed by atoms with Crippen LogP contribution in [0.25, 0.3) is 5.69 Å². The summed E-state index contributed by atoms with van der Waals surface area (Å²) in [5, 5.41) is 15.3. The van der Waals surface area contributed by atoms with E-state index in [1.165, 1.54) is 11.8 Å². The van der Waals surface area contributed by atoms with E-state index in [1.807, 2.05) is 87.5 Å². The van der Waals surface area contributed by atoms with Crippen molar-refractivity contribution in [2.45, 2.75) is 31.2 Å². The summed E-state index contributed by atoms with van der Waals surface area (Å²) in [7, 11) is 1.61. The number of amides is 1. The van der Waals surface area contributed by atoms with Gasteiger partial charge >= 0.3 is 0 Å². The minimum Gasteiger partial charge on any atom is -0.494 e. The largest absolute Gasteiger partial charge is 0.494 e. The molecule has 7 nitrogen and oxygen atoms in total. The molecule has 0 saturated carbocycles. The molecule has 0 spiro atoms. The number of anilines is 1. The number of thioether (sulfide) groups is 1. The molecule has 0 radical (unpaired) electrons. The molecule has 0 fully saturated rings. The van der Waals surface area contributed by atoms with Crippen molar-refractivity contribution in [2.75, 3.05) is 12.4 Å². The Morgan fingerprint density at radius 1 is 1.00 bits per heavy atom. The number of carbonyl (C=O) groups excluding carboxylic acids is 1. The number of aromatic nitrogens is 4. The van der Waals surface area contributed by atoms with Gasteiger partial charge in [0, 0.05) is 5.69 Å². The Morgan fingerprint density at radius 2 is 1.73 bits per heavy atom. The third kappa shape index (κ3) is 5.06. The normalized spacial score (nSPS) is 11.8. The maximum atomic E-state index is 13.5. The van der Waals surface area contributed by atoms with Crippen LogP contribution in [0.2, 0.25) is 0 Å². The molecule has 0 aliphatic rings. The van der Waals surface area contributed by atoms with E-state index in [2.05, 4.69) is 20.8 Å². The van der Waals surface area contributed by atoms with Gasteiger partial charge in [-0.15, -0.1) is 5.10 Å². The van der Waals surface area contributed by atoms with Crippen molar-refractivity contribution in [2.24, 2.45) is 0 Å². The van der Waals surface area contributed by atoms with Crippen LogP contribution in [0.15, 0.2) is 71.9 Å². The van der Waals surface area contributed by atoms with Crippen LogP contribution in [0, 0.1) is 20.8 Å². The molecule has 4 rings (SSSR count). The first-order chi connectivity index (χ1) is 16.0. The van der Waals surface area contributed by atoms with Crippen LogP contribution in [-0.2, 0) is 4.79 Å². The topological polar surface area (TPSA) is 81.9 Å². The summed E-state index contributed by atoms with van der Waals surface area (Å²) in [6, 6.07) is 21.4. The number of aryl methyl sites for hydroxylation is 3. The Bertz CT molecular complexity index is 1270. The molecular weight excluding hydrogens is 434 g/mol. The second-order valence-corrected chi connectivity index (χ2v) is 8.84. The lowest BCUT2D eigenvalue weighted by atomic mass is 10.1. The smallest absolute Gasteiger partial charge is 0.242 e. The monoisotopic (exact) mass is 459 g/mol. The molecule has 1 amide bonds. The third-order valence-corrected chi connectivity index (χ3v) is 6.41. The summed E-state index contributed by atoms with van der Waals surface area (Å²) >= 11 is 1.29. The van der Waals surface area contributed by atoms with Gasteiger partial charge in [-0.1, -0.05) is 60.3 Å². The number of methoxy groups -OCH3 is 1. The Kier molecular flexibility index (Phi) is 6.74. The fraction of sp³-hybridized carbons (Fsp3) is 0.200. The molecule has 168 valence electrons. The first-order valence-electron chi connectivity index (χ1n) is 10.5. The number of nitrogens with one attached hydrogen (secondary N) is 1. The standard InChI is InChI=1S/C25H25N5O2S/c1-16-10-12-18(3)20(14-16)26-24(31)23(19-8-6-5-7-9-19)33-25-27-28-29-30(25)21-15-17(2)11-13-22(21)32-4/h5-15,23H,1-4H3,(H,26,31)/t23-/m0/s1. The van der Waals surface area contributed by atoms with E-state index in [4.69, 9.17) is 4.74 Å². The molecular formula is C25H25N5O2S. The molecule has 33 heavy (non-hydrogen) atoms. The van der Waals surface area contributed by atoms with Crippen LogP contribution < -0.4 is 10.1 Å². The molecule has 0 saturated heterocycles. The highest BCUT2D eigenvalue weighted by Gasteiger charge is 2.26. The van der Waals surface area contributed by atoms with Crippen LogP contribution in [0.1, 0.15) is 27.5 Å². The van der Waals surface area contributed by atoms with Gasteiger partial charge in [-0.25, -0.2) is 0 Å². The van der Waals surface area contributed by atoms with Crippen molar-refractivity contribution in [3.63, 3.8) is 0 Å². The van der Waals surface area contributed by atoms with Gasteiger partial charge in [-0.2, -0.15) is 4.68 Å². The van der Waals surface area contributed by atoms with Crippen molar-refractivity contribution < 1.29 is 9.53 Å². The zero-order valence-corrected chi connectivity index (χ0v) is 19.8. The van der Waals surface area contributed by atoms with Crippen LogP contribution in [-0.4, -0.2) is 33.2 Å². The molecule has 1 aromatic heterocycles. The van der Waals surface area contributed by atoms with Crippen LogP contribution >= 0.6 is 11.8 Å². The highest BCUT2D eigenvalue weighted by molar-refractivity contribution is 8.00. The van der Waals surface area contributed by atoms with E-state index in [9.17, 15) is 4.79 Å². The summed E-state index contributed by atoms with van der Waals surface area (Å²) < 4.78 is 7.12. The second-order valence-electron chi connectivity index (χ2n) is 7.76. The fourth-order valence-corrected chi connectivity index (χ4v) is 4.43. The number of hydrogen-bond acceptors (Lipinski definition) is 6. The van der Waals surface area contributed by atoms with Gasteiger partial charge in [0.2, 0.25) is 11.1 Å². The molecule has 0 aliphatic carbocycles. The third-order valence-electron chi connectivity index (χ3n) is 5.22. The van der Waals surface area contributed by atoms with Gasteiger partial charge in [-0.3, -0.25) is 4.79 Å². The molecule has 0 bridgehead atoms. The van der Waals surface area contributed by atoms with Crippen LogP contribution in [0.3, 0.4) is 0 Å². The maximum absolute atomic E-state index is 13.5. The number of rotatable bonds is 7. The molecule has 0 unspecified atom stereocenters. The average molecular weight is 460 g/mol. The fourth-order valence-electron chi connectivity index (χ4n) is 3.44. The SMILES string of the molecule is COc1ccc(C)cc1-n1nnnc1S[C@H](C(=O)Nc1cc(C)ccc1C)c1ccccc1. The van der Waals surface area contributed by atoms with Crippen molar-refractivity contribution >= 4 is 23.4 Å². The highest BCUT2D eigenvalue weighted by Crippen LogP contribution is 2.37. The van der Waals surface area contributed by atoms with Gasteiger partial charge in [-0.05, 0) is 71.7 Å². The van der Waals surface area contributed by atoms with Gasteiger partial charge in [0.1, 0.15) is 16.7 Å². The lowest BCUT2D eigenvalue weighted by molar-refractivity contribution is -0.115. The molecule has 0 aliphatic heterocycles. The minimum atomic E-state index is -0.563. The second kappa shape index (κ2) is 9.87. The lowest BCUT2D eigenvalue weighted by Gasteiger charge is -2.18. The average Bonchev–Trinajstić information content (AvgIpc) is 3.28. The zero-order chi connectivity index (χ0) is 23.4. The molecule has 8 heteroatoms. The summed E-state index contributed by atoms with van der Waals surface area (Å²) in [5.41, 5.74) is 5.49. The summed E-state index contributed by atoms with van der Waals surface area (Å²) in [5.74, 6) is 0.497. The lowest BCUT2D eigenvalue weighted by Crippen LogP contribution is -2.20. The van der Waals surface area contributed by atoms with Crippen LogP contribution in [0.5, 0.6) is 5.75 Å². The molecule has 1 atom stereocenters. The molecule has 3 aromatic carbocycles. The van der Waals surface area contributed by atoms with E-state index in [0.717, 1.165) is 27.9 Å². The van der Waals surface area contributed by atoms with Gasteiger partial charge in [0.15, 0.2) is 0 Å². The Balaban J connectivity index is 1.70. The Morgan fingerprint density at radius 3 is 2.48 bits per heavy atom.